The minimum Gasteiger partial charge on any atom is -0.494 e. The van der Waals surface area contributed by atoms with Crippen LogP contribution in [0, 0.1) is 12.8 Å². The van der Waals surface area contributed by atoms with Gasteiger partial charge < -0.3 is 14.9 Å². The van der Waals surface area contributed by atoms with E-state index < -0.39 is 5.91 Å². The van der Waals surface area contributed by atoms with Crippen molar-refractivity contribution in [3.63, 3.8) is 0 Å². The Morgan fingerprint density at radius 3 is 2.95 bits per heavy atom. The van der Waals surface area contributed by atoms with Gasteiger partial charge in [0.25, 0.3) is 5.91 Å². The molecule has 19 heavy (non-hydrogen) atoms. The monoisotopic (exact) mass is 259 g/mol. The Hall–Kier alpha value is -1.97. The predicted molar refractivity (Wildman–Crippen MR) is 72.3 cm³/mol. The fourth-order valence-electron chi connectivity index (χ4n) is 2.35. The van der Waals surface area contributed by atoms with Crippen molar-refractivity contribution in [2.45, 2.75) is 26.2 Å². The van der Waals surface area contributed by atoms with Crippen LogP contribution in [0.2, 0.25) is 0 Å². The highest BCUT2D eigenvalue weighted by Crippen LogP contribution is 2.33. The van der Waals surface area contributed by atoms with E-state index in [1.54, 1.807) is 6.92 Å². The van der Waals surface area contributed by atoms with Gasteiger partial charge >= 0.3 is 0 Å². The average molecular weight is 259 g/mol. The first-order valence-corrected chi connectivity index (χ1v) is 6.61. The Balaban J connectivity index is 1.85. The number of rotatable bonds is 5. The molecule has 1 fully saturated rings. The summed E-state index contributed by atoms with van der Waals surface area (Å²) in [6.45, 7) is 2.46. The van der Waals surface area contributed by atoms with E-state index in [0.29, 0.717) is 16.9 Å². The number of nitrogens with two attached hydrogens (primary N) is 1. The molecule has 0 atom stereocenters. The summed E-state index contributed by atoms with van der Waals surface area (Å²) in [4.78, 5) is 11.4. The van der Waals surface area contributed by atoms with E-state index in [0.717, 1.165) is 30.1 Å². The first kappa shape index (κ1) is 12.1. The van der Waals surface area contributed by atoms with Gasteiger partial charge in [0, 0.05) is 5.39 Å². The van der Waals surface area contributed by atoms with Crippen LogP contribution in [-0.2, 0) is 0 Å². The molecule has 1 aromatic heterocycles. The molecule has 1 amide bonds. The highest BCUT2D eigenvalue weighted by molar-refractivity contribution is 6.06. The van der Waals surface area contributed by atoms with Crippen molar-refractivity contribution in [2.24, 2.45) is 11.7 Å². The molecule has 0 radical (unpaired) electrons. The van der Waals surface area contributed by atoms with Crippen LogP contribution in [0.25, 0.3) is 11.0 Å². The lowest BCUT2D eigenvalue weighted by Gasteiger charge is -2.05. The fraction of sp³-hybridized carbons (Fsp3) is 0.400. The van der Waals surface area contributed by atoms with Gasteiger partial charge in [-0.25, -0.2) is 0 Å². The maximum Gasteiger partial charge on any atom is 0.252 e. The van der Waals surface area contributed by atoms with E-state index in [1.807, 2.05) is 18.2 Å². The summed E-state index contributed by atoms with van der Waals surface area (Å²) in [5.74, 6) is 1.70. The molecule has 0 aliphatic heterocycles. The van der Waals surface area contributed by atoms with Crippen molar-refractivity contribution in [3.8, 4) is 5.75 Å². The van der Waals surface area contributed by atoms with Crippen molar-refractivity contribution < 1.29 is 13.9 Å². The molecule has 4 nitrogen and oxygen atoms in total. The number of benzene rings is 1. The van der Waals surface area contributed by atoms with Crippen LogP contribution < -0.4 is 10.5 Å². The zero-order valence-corrected chi connectivity index (χ0v) is 10.9. The van der Waals surface area contributed by atoms with Crippen LogP contribution in [0.4, 0.5) is 0 Å². The van der Waals surface area contributed by atoms with Gasteiger partial charge in [-0.15, -0.1) is 0 Å². The molecule has 3 rings (SSSR count). The molecule has 0 bridgehead atoms. The van der Waals surface area contributed by atoms with Crippen LogP contribution >= 0.6 is 0 Å². The number of primary amides is 1. The van der Waals surface area contributed by atoms with Gasteiger partial charge in [-0.05, 0) is 37.5 Å². The second-order valence-corrected chi connectivity index (χ2v) is 5.14. The second-order valence-electron chi connectivity index (χ2n) is 5.14. The van der Waals surface area contributed by atoms with Crippen LogP contribution in [0.1, 0.15) is 35.4 Å². The molecule has 1 aliphatic carbocycles. The van der Waals surface area contributed by atoms with E-state index in [9.17, 15) is 4.79 Å². The molecule has 2 N–H and O–H groups in total. The number of fused-ring (bicyclic) bond motifs is 1. The molecule has 1 saturated carbocycles. The smallest absolute Gasteiger partial charge is 0.252 e. The van der Waals surface area contributed by atoms with Gasteiger partial charge in [0.1, 0.15) is 17.1 Å². The van der Waals surface area contributed by atoms with E-state index in [2.05, 4.69) is 0 Å². The Kier molecular flexibility index (Phi) is 2.93. The van der Waals surface area contributed by atoms with Gasteiger partial charge in [0.15, 0.2) is 0 Å². The highest BCUT2D eigenvalue weighted by atomic mass is 16.5. The average Bonchev–Trinajstić information content (AvgIpc) is 3.10. The van der Waals surface area contributed by atoms with Crippen LogP contribution in [0.5, 0.6) is 5.75 Å². The number of hydrogen-bond acceptors (Lipinski definition) is 3. The molecule has 1 aromatic carbocycles. The summed E-state index contributed by atoms with van der Waals surface area (Å²) in [6, 6.07) is 5.52. The first-order valence-electron chi connectivity index (χ1n) is 6.61. The van der Waals surface area contributed by atoms with Gasteiger partial charge in [-0.1, -0.05) is 12.8 Å². The summed E-state index contributed by atoms with van der Waals surface area (Å²) in [7, 11) is 0. The Bertz CT molecular complexity index is 626. The topological polar surface area (TPSA) is 65.5 Å². The normalized spacial score (nSPS) is 14.8. The van der Waals surface area contributed by atoms with Crippen molar-refractivity contribution in [1.82, 2.24) is 0 Å². The minimum absolute atomic E-state index is 0.447. The molecular formula is C15H17NO3. The third-order valence-electron chi connectivity index (χ3n) is 3.57. The summed E-state index contributed by atoms with van der Waals surface area (Å²) in [5.41, 5.74) is 6.50. The molecule has 1 heterocycles. The van der Waals surface area contributed by atoms with Crippen molar-refractivity contribution in [1.29, 1.82) is 0 Å². The predicted octanol–water partition coefficient (Wildman–Crippen LogP) is 3.02. The van der Waals surface area contributed by atoms with Crippen molar-refractivity contribution >= 4 is 16.9 Å². The number of aryl methyl sites for hydroxylation is 1. The lowest BCUT2D eigenvalue weighted by atomic mass is 10.1. The zero-order chi connectivity index (χ0) is 13.4. The van der Waals surface area contributed by atoms with Crippen molar-refractivity contribution in [2.75, 3.05) is 6.61 Å². The molecule has 2 aromatic rings. The minimum atomic E-state index is -0.466. The molecule has 1 aliphatic rings. The Labute approximate surface area is 111 Å². The fourth-order valence-corrected chi connectivity index (χ4v) is 2.35. The van der Waals surface area contributed by atoms with Crippen LogP contribution in [0.3, 0.4) is 0 Å². The van der Waals surface area contributed by atoms with Gasteiger partial charge in [-0.3, -0.25) is 4.79 Å². The third-order valence-corrected chi connectivity index (χ3v) is 3.57. The van der Waals surface area contributed by atoms with Gasteiger partial charge in [0.05, 0.1) is 12.2 Å². The lowest BCUT2D eigenvalue weighted by Crippen LogP contribution is -2.11. The van der Waals surface area contributed by atoms with Gasteiger partial charge in [0.2, 0.25) is 0 Å². The molecule has 0 spiro atoms. The highest BCUT2D eigenvalue weighted by Gasteiger charge is 2.21. The first-order chi connectivity index (χ1) is 9.15. The number of carbonyl (C=O) groups excluding carboxylic acids is 1. The quantitative estimate of drug-likeness (QED) is 0.897. The van der Waals surface area contributed by atoms with Crippen LogP contribution in [0.15, 0.2) is 22.6 Å². The standard InChI is InChI=1S/C15H17NO3/c1-9-14(15(16)17)12-8-11(4-5-13(12)19-9)18-7-6-10-2-3-10/h4-5,8,10H,2-3,6-7H2,1H3,(H2,16,17). The number of furan rings is 1. The Morgan fingerprint density at radius 2 is 2.26 bits per heavy atom. The second kappa shape index (κ2) is 4.61. The third kappa shape index (κ3) is 2.43. The van der Waals surface area contributed by atoms with Gasteiger partial charge in [-0.2, -0.15) is 0 Å². The molecule has 0 saturated heterocycles. The largest absolute Gasteiger partial charge is 0.494 e. The summed E-state index contributed by atoms with van der Waals surface area (Å²) >= 11 is 0. The van der Waals surface area contributed by atoms with E-state index >= 15 is 0 Å². The van der Waals surface area contributed by atoms with Crippen LogP contribution in [-0.4, -0.2) is 12.5 Å². The molecule has 4 heteroatoms. The Morgan fingerprint density at radius 1 is 1.47 bits per heavy atom. The summed E-state index contributed by atoms with van der Waals surface area (Å²) < 4.78 is 11.2. The maximum atomic E-state index is 11.4. The van der Waals surface area contributed by atoms with Crippen molar-refractivity contribution in [3.05, 3.63) is 29.5 Å². The van der Waals surface area contributed by atoms with E-state index in [1.165, 1.54) is 12.8 Å². The number of ether oxygens (including phenoxy) is 1. The SMILES string of the molecule is Cc1oc2ccc(OCCC3CC3)cc2c1C(N)=O. The number of hydrogen-bond donors (Lipinski definition) is 1. The summed E-state index contributed by atoms with van der Waals surface area (Å²) in [5, 5.41) is 0.730. The molecular weight excluding hydrogens is 242 g/mol. The van der Waals surface area contributed by atoms with E-state index in [-0.39, 0.29) is 0 Å². The molecule has 100 valence electrons. The summed E-state index contributed by atoms with van der Waals surface area (Å²) in [6.07, 6.45) is 3.76. The lowest BCUT2D eigenvalue weighted by molar-refractivity contribution is 0.1000. The zero-order valence-electron chi connectivity index (χ0n) is 10.9. The number of amides is 1. The molecule has 0 unspecified atom stereocenters. The maximum absolute atomic E-state index is 11.4. The number of carbonyl (C=O) groups is 1. The van der Waals surface area contributed by atoms with E-state index in [4.69, 9.17) is 14.9 Å².